The maximum Gasteiger partial charge on any atom is 0.0985 e. The third kappa shape index (κ3) is 21.5. The summed E-state index contributed by atoms with van der Waals surface area (Å²) in [4.78, 5) is 4.50. The molecule has 0 atom stereocenters. The zero-order chi connectivity index (χ0) is 39.7. The van der Waals surface area contributed by atoms with Crippen LogP contribution in [0.4, 0.5) is 0 Å². The first kappa shape index (κ1) is 48.6. The van der Waals surface area contributed by atoms with Crippen molar-refractivity contribution in [1.82, 2.24) is 9.80 Å². The smallest absolute Gasteiger partial charge is 0.0985 e. The number of hydrogen-bond donors (Lipinski definition) is 0. The van der Waals surface area contributed by atoms with E-state index in [0.717, 1.165) is 42.8 Å². The van der Waals surface area contributed by atoms with Gasteiger partial charge in [-0.05, 0) is 110 Å². The molecule has 3 heteroatoms. The molecule has 0 aromatic carbocycles. The fourth-order valence-electron chi connectivity index (χ4n) is 4.42. The number of allylic oxidation sites excluding steroid dienone is 26. The minimum atomic E-state index is 0.416. The van der Waals surface area contributed by atoms with Gasteiger partial charge in [-0.1, -0.05) is 129 Å². The predicted octanol–water partition coefficient (Wildman–Crippen LogP) is 14.0. The normalized spacial score (nSPS) is 14.6. The Labute approximate surface area is 319 Å². The minimum Gasteiger partial charge on any atom is -0.341 e. The number of nitriles is 1. The predicted molar refractivity (Wildman–Crippen MR) is 233 cm³/mol. The van der Waals surface area contributed by atoms with E-state index < -0.39 is 0 Å². The molecule has 0 bridgehead atoms. The Morgan fingerprint density at radius 2 is 1.58 bits per heavy atom. The van der Waals surface area contributed by atoms with Gasteiger partial charge in [-0.15, -0.1) is 12.8 Å². The topological polar surface area (TPSA) is 30.3 Å². The highest BCUT2D eigenvalue weighted by molar-refractivity contribution is 5.46. The summed E-state index contributed by atoms with van der Waals surface area (Å²) in [7, 11) is 0. The molecule has 0 heterocycles. The van der Waals surface area contributed by atoms with E-state index in [0.29, 0.717) is 5.57 Å². The molecule has 0 unspecified atom stereocenters. The minimum absolute atomic E-state index is 0.416. The van der Waals surface area contributed by atoms with Crippen LogP contribution in [0.15, 0.2) is 192 Å². The molecule has 276 valence electrons. The molecule has 0 saturated heterocycles. The Hall–Kier alpha value is -5.51. The van der Waals surface area contributed by atoms with Crippen LogP contribution in [0.25, 0.3) is 0 Å². The molecule has 52 heavy (non-hydrogen) atoms. The molecule has 3 nitrogen and oxygen atoms in total. The van der Waals surface area contributed by atoms with E-state index in [1.165, 1.54) is 28.1 Å². The summed E-state index contributed by atoms with van der Waals surface area (Å²) < 4.78 is 0. The van der Waals surface area contributed by atoms with Gasteiger partial charge in [-0.25, -0.2) is 0 Å². The summed E-state index contributed by atoms with van der Waals surface area (Å²) in [6.07, 6.45) is 54.6. The van der Waals surface area contributed by atoms with Crippen LogP contribution in [0.5, 0.6) is 0 Å². The Kier molecular flexibility index (Phi) is 29.4. The van der Waals surface area contributed by atoms with Crippen molar-refractivity contribution in [3.63, 3.8) is 0 Å². The highest BCUT2D eigenvalue weighted by atomic mass is 15.1. The van der Waals surface area contributed by atoms with E-state index in [1.54, 1.807) is 12.2 Å². The van der Waals surface area contributed by atoms with Gasteiger partial charge in [-0.3, -0.25) is 0 Å². The first-order chi connectivity index (χ1) is 25.1. The van der Waals surface area contributed by atoms with Crippen molar-refractivity contribution in [3.8, 4) is 18.9 Å². The van der Waals surface area contributed by atoms with Crippen LogP contribution >= 0.6 is 0 Å². The second-order valence-corrected chi connectivity index (χ2v) is 11.8. The quantitative estimate of drug-likeness (QED) is 0.0784. The highest BCUT2D eigenvalue weighted by Crippen LogP contribution is 2.25. The lowest BCUT2D eigenvalue weighted by molar-refractivity contribution is 0.476. The maximum absolute atomic E-state index is 9.22. The van der Waals surface area contributed by atoms with E-state index >= 15 is 0 Å². The third-order valence-corrected chi connectivity index (χ3v) is 7.33. The largest absolute Gasteiger partial charge is 0.341 e. The van der Waals surface area contributed by atoms with Crippen LogP contribution in [0.1, 0.15) is 88.5 Å². The van der Waals surface area contributed by atoms with Crippen LogP contribution in [0.2, 0.25) is 0 Å². The Morgan fingerprint density at radius 1 is 0.885 bits per heavy atom. The van der Waals surface area contributed by atoms with E-state index in [9.17, 15) is 5.26 Å². The van der Waals surface area contributed by atoms with Crippen molar-refractivity contribution in [2.75, 3.05) is 6.54 Å². The van der Waals surface area contributed by atoms with Crippen LogP contribution < -0.4 is 0 Å². The summed E-state index contributed by atoms with van der Waals surface area (Å²) in [5.74, 6) is 0. The van der Waals surface area contributed by atoms with Crippen LogP contribution in [0, 0.1) is 24.2 Å². The molecular formula is C49H65N3. The lowest BCUT2D eigenvalue weighted by Crippen LogP contribution is -2.22. The number of hydrogen-bond acceptors (Lipinski definition) is 3. The van der Waals surface area contributed by atoms with Crippen LogP contribution in [-0.2, 0) is 0 Å². The molecule has 0 saturated carbocycles. The Morgan fingerprint density at radius 3 is 2.19 bits per heavy atom. The fourth-order valence-corrected chi connectivity index (χ4v) is 4.42. The Balaban J connectivity index is 0. The first-order valence-corrected chi connectivity index (χ1v) is 18.0. The van der Waals surface area contributed by atoms with Crippen molar-refractivity contribution in [2.45, 2.75) is 88.5 Å². The van der Waals surface area contributed by atoms with Gasteiger partial charge < -0.3 is 9.80 Å². The second kappa shape index (κ2) is 31.5. The van der Waals surface area contributed by atoms with Gasteiger partial charge >= 0.3 is 0 Å². The van der Waals surface area contributed by atoms with Gasteiger partial charge in [0.05, 0.1) is 6.07 Å². The number of rotatable bonds is 14. The molecule has 0 fully saturated rings. The third-order valence-electron chi connectivity index (χ3n) is 7.33. The van der Waals surface area contributed by atoms with E-state index in [-0.39, 0.29) is 0 Å². The van der Waals surface area contributed by atoms with E-state index in [4.69, 9.17) is 0 Å². The van der Waals surface area contributed by atoms with Crippen LogP contribution in [-0.4, -0.2) is 16.3 Å². The van der Waals surface area contributed by atoms with Crippen molar-refractivity contribution >= 4 is 0 Å². The summed E-state index contributed by atoms with van der Waals surface area (Å²) in [6.45, 7) is 29.2. The lowest BCUT2D eigenvalue weighted by Gasteiger charge is -2.27. The van der Waals surface area contributed by atoms with Gasteiger partial charge in [0.15, 0.2) is 0 Å². The first-order valence-electron chi connectivity index (χ1n) is 18.0. The fraction of sp³-hybridized carbons (Fsp3) is 0.286. The molecule has 0 N–H and O–H groups in total. The van der Waals surface area contributed by atoms with Gasteiger partial charge in [-0.2, -0.15) is 5.26 Å². The average Bonchev–Trinajstić information content (AvgIpc) is 3.59. The van der Waals surface area contributed by atoms with Crippen molar-refractivity contribution in [1.29, 1.82) is 5.26 Å². The van der Waals surface area contributed by atoms with Crippen molar-refractivity contribution < 1.29 is 0 Å². The molecule has 0 radical (unpaired) electrons. The average molecular weight is 696 g/mol. The monoisotopic (exact) mass is 696 g/mol. The lowest BCUT2D eigenvalue weighted by atomic mass is 10.1. The number of nitrogens with zero attached hydrogens (tertiary/aromatic N) is 3. The standard InChI is InChI=1S/C41H49N3.C4H8.C2H6.C2H2/c1-9-10-11-14-18-37(7)43(30-29-34(4)31-42)41-22-17-19-39(27-28-41)36(6)25-26-38(8)44(32-35(5)24-23-33(2)3)40-20-15-12-13-16-21-40;1-3-4-2;2*1-2/h9-12,15-21,23-30H,1,4,13-14,22,32H2,2-3,5-8H3;3-4H,1-2H3;1-2H3;1-2H/b11-10-,30-29+,35-24-,36-25+,37-18?,38-26+;4-3-;;. The summed E-state index contributed by atoms with van der Waals surface area (Å²) in [5.41, 5.74) is 9.90. The van der Waals surface area contributed by atoms with Crippen LogP contribution in [0.3, 0.4) is 0 Å². The van der Waals surface area contributed by atoms with Gasteiger partial charge in [0.2, 0.25) is 0 Å². The second-order valence-electron chi connectivity index (χ2n) is 11.8. The SMILES string of the molecule is C#C.C/C=C\C.C=C/C=C\CC=C(C)N(/C=C/C(=C)C#N)C1=CC=C(/C(C)=C/C=C(\C)N(C/C(C)=C\C=C(C)C)C2=CC=CCC=C2)C=CC1.CC. The molecule has 2 aliphatic carbocycles. The van der Waals surface area contributed by atoms with E-state index in [2.05, 4.69) is 175 Å². The highest BCUT2D eigenvalue weighted by Gasteiger charge is 2.12. The Bertz CT molecular complexity index is 1610. The maximum atomic E-state index is 9.22. The van der Waals surface area contributed by atoms with Gasteiger partial charge in [0.25, 0.3) is 0 Å². The molecule has 0 aliphatic heterocycles. The number of terminal acetylenes is 1. The van der Waals surface area contributed by atoms with Gasteiger partial charge in [0.1, 0.15) is 0 Å². The molecular weight excluding hydrogens is 631 g/mol. The molecule has 0 amide bonds. The molecule has 0 spiro atoms. The van der Waals surface area contributed by atoms with E-state index in [1.807, 2.05) is 52.1 Å². The molecule has 0 aromatic heterocycles. The van der Waals surface area contributed by atoms with Gasteiger partial charge in [0, 0.05) is 47.5 Å². The zero-order valence-electron chi connectivity index (χ0n) is 33.9. The molecule has 2 aliphatic rings. The summed E-state index contributed by atoms with van der Waals surface area (Å²) in [5, 5.41) is 9.22. The summed E-state index contributed by atoms with van der Waals surface area (Å²) >= 11 is 0. The van der Waals surface area contributed by atoms with Crippen molar-refractivity contribution in [2.24, 2.45) is 0 Å². The molecule has 0 aromatic rings. The van der Waals surface area contributed by atoms with Crippen molar-refractivity contribution in [3.05, 3.63) is 192 Å². The summed E-state index contributed by atoms with van der Waals surface area (Å²) in [6, 6.07) is 2.10. The molecule has 2 rings (SSSR count). The zero-order valence-corrected chi connectivity index (χ0v) is 33.9.